The maximum Gasteiger partial charge on any atom is 0.104 e. The maximum atomic E-state index is 6.20. The van der Waals surface area contributed by atoms with Crippen LogP contribution in [0.4, 0.5) is 0 Å². The highest BCUT2D eigenvalue weighted by Gasteiger charge is 2.38. The zero-order valence-electron chi connectivity index (χ0n) is 57.0. The number of hydrogen-bond donors (Lipinski definition) is 1. The normalized spacial score (nSPS) is 12.8. The molecule has 0 aromatic rings. The molecule has 0 radical (unpaired) electrons. The molecule has 0 rings (SSSR count). The highest BCUT2D eigenvalue weighted by molar-refractivity contribution is 4.84. The fraction of sp³-hybridized carbons (Fsp3) is 1.00. The lowest BCUT2D eigenvalue weighted by molar-refractivity contribution is -0.143. The molecule has 82 heavy (non-hydrogen) atoms. The second-order valence-corrected chi connectivity index (χ2v) is 21.5. The van der Waals surface area contributed by atoms with Crippen molar-refractivity contribution in [2.24, 2.45) is 16.2 Å². The third-order valence-electron chi connectivity index (χ3n) is 11.9. The smallest absolute Gasteiger partial charge is 0.104 e. The van der Waals surface area contributed by atoms with E-state index in [0.717, 1.165) is 78.7 Å². The molecule has 0 fully saturated rings. The van der Waals surface area contributed by atoms with Gasteiger partial charge in [-0.05, 0) is 56.4 Å². The number of ether oxygens (including phenoxy) is 18. The number of nitrogens with one attached hydrogen (secondary N) is 1. The van der Waals surface area contributed by atoms with Crippen LogP contribution >= 0.6 is 0 Å². The van der Waals surface area contributed by atoms with Gasteiger partial charge in [0, 0.05) is 173 Å². The van der Waals surface area contributed by atoms with Crippen molar-refractivity contribution in [1.82, 2.24) is 34.9 Å². The Balaban J connectivity index is -0.000000335. The van der Waals surface area contributed by atoms with Crippen molar-refractivity contribution >= 4 is 0 Å². The van der Waals surface area contributed by atoms with Crippen LogP contribution in [0.25, 0.3) is 0 Å². The lowest BCUT2D eigenvalue weighted by atomic mass is 9.89. The molecule has 1 N–H and O–H groups in total. The van der Waals surface area contributed by atoms with Gasteiger partial charge in [0.15, 0.2) is 0 Å². The van der Waals surface area contributed by atoms with Gasteiger partial charge in [-0.2, -0.15) is 0 Å². The first-order chi connectivity index (χ1) is 39.2. The fourth-order valence-electron chi connectivity index (χ4n) is 7.53. The van der Waals surface area contributed by atoms with E-state index in [9.17, 15) is 0 Å². The SMILES string of the molecule is CN(C)CCN(C)C.CN(C)CCNN(C)CCN(C)C.COCC(COC)(COC)COCC(COC)(COC)COCC(COC)(COC)COC.COCC(COCC(COC)OC)OC.COCCN(CCOC)CCOC. The molecule has 0 saturated carbocycles. The van der Waals surface area contributed by atoms with Gasteiger partial charge < -0.3 is 105 Å². The molecule has 2 unspecified atom stereocenters. The molecule has 0 saturated heterocycles. The molecule has 0 spiro atoms. The van der Waals surface area contributed by atoms with Crippen LogP contribution in [0.5, 0.6) is 0 Å². The van der Waals surface area contributed by atoms with Gasteiger partial charge in [0.2, 0.25) is 0 Å². The van der Waals surface area contributed by atoms with Gasteiger partial charge >= 0.3 is 0 Å². The van der Waals surface area contributed by atoms with Crippen molar-refractivity contribution < 1.29 is 85.3 Å². The molecular weight excluding hydrogens is 1070 g/mol. The Morgan fingerprint density at radius 3 is 0.780 bits per heavy atom. The second kappa shape index (κ2) is 64.5. The maximum absolute atomic E-state index is 6.20. The number of rotatable bonds is 53. The Hall–Kier alpha value is -1.00. The third kappa shape index (κ3) is 58.0. The predicted molar refractivity (Wildman–Crippen MR) is 327 cm³/mol. The van der Waals surface area contributed by atoms with E-state index < -0.39 is 16.2 Å². The Bertz CT molecular complexity index is 1120. The van der Waals surface area contributed by atoms with Crippen LogP contribution in [0, 0.1) is 16.2 Å². The van der Waals surface area contributed by atoms with Crippen LogP contribution in [-0.2, 0) is 85.3 Å². The van der Waals surface area contributed by atoms with E-state index in [1.807, 2.05) is 0 Å². The Labute approximate surface area is 501 Å². The van der Waals surface area contributed by atoms with E-state index in [1.165, 1.54) is 0 Å². The summed E-state index contributed by atoms with van der Waals surface area (Å²) >= 11 is 0. The zero-order valence-corrected chi connectivity index (χ0v) is 57.0. The van der Waals surface area contributed by atoms with Gasteiger partial charge in [-0.3, -0.25) is 10.3 Å². The van der Waals surface area contributed by atoms with E-state index in [0.29, 0.717) is 106 Å². The number of likely N-dealkylation sites (N-methyl/N-ethyl adjacent to an activating group) is 5. The minimum absolute atomic E-state index is 0.0324. The van der Waals surface area contributed by atoms with Crippen LogP contribution in [0.2, 0.25) is 0 Å². The summed E-state index contributed by atoms with van der Waals surface area (Å²) in [5.41, 5.74) is 1.98. The molecule has 0 aromatic heterocycles. The van der Waals surface area contributed by atoms with Gasteiger partial charge in [0.1, 0.15) is 12.2 Å². The molecular formula is C57H131N7O18. The largest absolute Gasteiger partial charge is 0.384 e. The summed E-state index contributed by atoms with van der Waals surface area (Å²) in [6.45, 7) is 18.6. The number of hydrogen-bond acceptors (Lipinski definition) is 25. The summed E-state index contributed by atoms with van der Waals surface area (Å²) in [5, 5.41) is 2.14. The minimum Gasteiger partial charge on any atom is -0.384 e. The predicted octanol–water partition coefficient (Wildman–Crippen LogP) is 1.36. The van der Waals surface area contributed by atoms with Crippen LogP contribution in [0.1, 0.15) is 0 Å². The van der Waals surface area contributed by atoms with Gasteiger partial charge in [0.25, 0.3) is 0 Å². The van der Waals surface area contributed by atoms with E-state index in [4.69, 9.17) is 85.3 Å². The summed E-state index contributed by atoms with van der Waals surface area (Å²) in [4.78, 5) is 11.0. The molecule has 25 nitrogen and oxygen atoms in total. The number of nitrogens with zero attached hydrogens (tertiary/aromatic N) is 6. The lowest BCUT2D eigenvalue weighted by Gasteiger charge is -2.37. The molecule has 502 valence electrons. The highest BCUT2D eigenvalue weighted by Crippen LogP contribution is 2.26. The molecule has 0 aromatic carbocycles. The van der Waals surface area contributed by atoms with Crippen molar-refractivity contribution in [3.8, 4) is 0 Å². The van der Waals surface area contributed by atoms with Crippen LogP contribution < -0.4 is 5.43 Å². The zero-order chi connectivity index (χ0) is 63.4. The Morgan fingerprint density at radius 2 is 0.549 bits per heavy atom. The number of hydrazine groups is 1. The third-order valence-corrected chi connectivity index (χ3v) is 11.9. The van der Waals surface area contributed by atoms with Crippen molar-refractivity contribution in [3.63, 3.8) is 0 Å². The molecule has 0 heterocycles. The van der Waals surface area contributed by atoms with Gasteiger partial charge in [-0.25, -0.2) is 5.01 Å². The molecule has 0 aliphatic heterocycles. The summed E-state index contributed by atoms with van der Waals surface area (Å²) in [6.07, 6.45) is -0.0647. The lowest BCUT2D eigenvalue weighted by Crippen LogP contribution is -2.46. The molecule has 2 atom stereocenters. The van der Waals surface area contributed by atoms with Crippen molar-refractivity contribution in [2.75, 3.05) is 355 Å². The van der Waals surface area contributed by atoms with Gasteiger partial charge in [0.05, 0.1) is 142 Å². The van der Waals surface area contributed by atoms with E-state index in [-0.39, 0.29) is 12.2 Å². The van der Waals surface area contributed by atoms with E-state index >= 15 is 0 Å². The standard InChI is InChI=1S/C23H48O10.C10H22O5.C9H24N4.C9H21NO3.C6H16N2/c1-24-9-21(10-25-2,11-26-3)17-32-19-23(15-30-7,16-31-8)20-33-18-22(12-27-4,13-28-5)14-29-6;1-11-5-9(13-3)7-15-8-10(14-4)6-12-2;1-11(2)7-6-10-13(5)9-8-12(3)4;1-11-7-4-10(5-8-12-2)6-9-13-3;1-7(2)5-6-8(3)4/h9-20H2,1-8H3;9-10H,5-8H2,1-4H3;10H,6-9H2,1-5H3;4-9H2,1-3H3;5-6H2,1-4H3. The summed E-state index contributed by atoms with van der Waals surface area (Å²) in [5.74, 6) is 0. The number of methoxy groups -OCH3 is 15. The van der Waals surface area contributed by atoms with Crippen LogP contribution in [0.15, 0.2) is 0 Å². The fourth-order valence-corrected chi connectivity index (χ4v) is 7.53. The Morgan fingerprint density at radius 1 is 0.280 bits per heavy atom. The molecule has 0 bridgehead atoms. The first-order valence-corrected chi connectivity index (χ1v) is 28.1. The second-order valence-electron chi connectivity index (χ2n) is 21.5. The average Bonchev–Trinajstić information content (AvgIpc) is 3.42. The molecule has 0 aliphatic carbocycles. The first-order valence-electron chi connectivity index (χ1n) is 28.1. The topological polar surface area (TPSA) is 198 Å². The minimum atomic E-state index is -0.512. The van der Waals surface area contributed by atoms with Gasteiger partial charge in [-0.1, -0.05) is 0 Å². The monoisotopic (exact) mass is 1200 g/mol. The summed E-state index contributed by atoms with van der Waals surface area (Å²) in [6, 6.07) is 0. The molecule has 0 aliphatic rings. The van der Waals surface area contributed by atoms with Crippen LogP contribution in [0.3, 0.4) is 0 Å². The average molecular weight is 1200 g/mol. The van der Waals surface area contributed by atoms with Crippen molar-refractivity contribution in [3.05, 3.63) is 0 Å². The quantitative estimate of drug-likeness (QED) is 0.0857. The molecule has 0 amide bonds. The first kappa shape index (κ1) is 89.8. The highest BCUT2D eigenvalue weighted by atomic mass is 16.6. The molecule has 25 heteroatoms. The van der Waals surface area contributed by atoms with Crippen molar-refractivity contribution in [2.45, 2.75) is 12.2 Å². The van der Waals surface area contributed by atoms with E-state index in [1.54, 1.807) is 107 Å². The van der Waals surface area contributed by atoms with Crippen LogP contribution in [-0.4, -0.2) is 396 Å². The summed E-state index contributed by atoms with van der Waals surface area (Å²) < 4.78 is 96.6. The summed E-state index contributed by atoms with van der Waals surface area (Å²) in [7, 11) is 43.7. The Kier molecular flexibility index (Phi) is 70.6. The van der Waals surface area contributed by atoms with Crippen molar-refractivity contribution in [1.29, 1.82) is 0 Å². The van der Waals surface area contributed by atoms with Gasteiger partial charge in [-0.15, -0.1) is 0 Å². The van der Waals surface area contributed by atoms with E-state index in [2.05, 4.69) is 98.4 Å².